The van der Waals surface area contributed by atoms with Crippen LogP contribution >= 0.6 is 0 Å². The minimum absolute atomic E-state index is 0.140. The highest BCUT2D eigenvalue weighted by molar-refractivity contribution is 5.75. The van der Waals surface area contributed by atoms with E-state index in [1.54, 1.807) is 0 Å². The van der Waals surface area contributed by atoms with E-state index in [0.717, 1.165) is 32.1 Å². The first-order valence-corrected chi connectivity index (χ1v) is 8.40. The molecule has 0 bridgehead atoms. The third-order valence-electron chi connectivity index (χ3n) is 4.66. The fraction of sp³-hybridized carbons (Fsp3) is 0.938. The molecular weight excluding hydrogens is 266 g/mol. The molecule has 2 fully saturated rings. The van der Waals surface area contributed by atoms with Crippen LogP contribution in [0.25, 0.3) is 0 Å². The number of likely N-dealkylation sites (tertiary alicyclic amines) is 2. The molecule has 0 aromatic heterocycles. The summed E-state index contributed by atoms with van der Waals surface area (Å²) in [6.07, 6.45) is 4.83. The van der Waals surface area contributed by atoms with Crippen LogP contribution in [0.15, 0.2) is 0 Å². The Kier molecular flexibility index (Phi) is 6.45. The van der Waals surface area contributed by atoms with Gasteiger partial charge in [-0.15, -0.1) is 0 Å². The summed E-state index contributed by atoms with van der Waals surface area (Å²) in [5, 5.41) is 3.31. The van der Waals surface area contributed by atoms with Crippen LogP contribution in [0.4, 0.5) is 0 Å². The zero-order valence-corrected chi connectivity index (χ0v) is 13.8. The number of ether oxygens (including phenoxy) is 1. The molecule has 0 aliphatic carbocycles. The number of carbonyl (C=O) groups excluding carboxylic acids is 1. The van der Waals surface area contributed by atoms with E-state index in [-0.39, 0.29) is 12.0 Å². The highest BCUT2D eigenvalue weighted by Crippen LogP contribution is 2.20. The molecule has 0 spiro atoms. The van der Waals surface area contributed by atoms with E-state index in [0.29, 0.717) is 6.04 Å². The summed E-state index contributed by atoms with van der Waals surface area (Å²) < 4.78 is 4.90. The van der Waals surface area contributed by atoms with Gasteiger partial charge in [-0.2, -0.15) is 0 Å². The second-order valence-corrected chi connectivity index (χ2v) is 6.67. The molecule has 2 aliphatic rings. The zero-order chi connectivity index (χ0) is 15.2. The molecule has 2 heterocycles. The van der Waals surface area contributed by atoms with Crippen molar-refractivity contribution >= 4 is 5.97 Å². The van der Waals surface area contributed by atoms with Crippen molar-refractivity contribution in [2.24, 2.45) is 0 Å². The molecular formula is C16H31N3O2. The predicted octanol–water partition coefficient (Wildman–Crippen LogP) is 1.09. The van der Waals surface area contributed by atoms with Gasteiger partial charge in [0.15, 0.2) is 0 Å². The number of nitrogens with zero attached hydrogens (tertiary/aromatic N) is 2. The molecule has 0 aromatic rings. The Bertz CT molecular complexity index is 329. The van der Waals surface area contributed by atoms with Gasteiger partial charge >= 0.3 is 5.97 Å². The first-order valence-electron chi connectivity index (χ1n) is 8.40. The topological polar surface area (TPSA) is 44.8 Å². The van der Waals surface area contributed by atoms with Crippen LogP contribution in [-0.4, -0.2) is 73.7 Å². The van der Waals surface area contributed by atoms with Crippen molar-refractivity contribution in [3.05, 3.63) is 0 Å². The quantitative estimate of drug-likeness (QED) is 0.713. The van der Waals surface area contributed by atoms with Crippen LogP contribution in [0.2, 0.25) is 0 Å². The lowest BCUT2D eigenvalue weighted by molar-refractivity contribution is -0.143. The van der Waals surface area contributed by atoms with E-state index >= 15 is 0 Å². The molecule has 2 rings (SSSR count). The summed E-state index contributed by atoms with van der Waals surface area (Å²) in [5.41, 5.74) is 0. The average Bonchev–Trinajstić information content (AvgIpc) is 3.12. The smallest absolute Gasteiger partial charge is 0.322 e. The van der Waals surface area contributed by atoms with Gasteiger partial charge < -0.3 is 15.0 Å². The van der Waals surface area contributed by atoms with Gasteiger partial charge in [0.05, 0.1) is 7.11 Å². The number of rotatable bonds is 7. The molecule has 1 N–H and O–H groups in total. The molecule has 2 aliphatic heterocycles. The van der Waals surface area contributed by atoms with Crippen LogP contribution in [0.5, 0.6) is 0 Å². The Morgan fingerprint density at radius 1 is 1.29 bits per heavy atom. The molecule has 5 heteroatoms. The van der Waals surface area contributed by atoms with Gasteiger partial charge in [0.1, 0.15) is 6.04 Å². The molecule has 2 saturated heterocycles. The summed E-state index contributed by atoms with van der Waals surface area (Å²) in [5.74, 6) is -0.140. The Balaban J connectivity index is 1.74. The summed E-state index contributed by atoms with van der Waals surface area (Å²) in [6, 6.07) is 0.855. The van der Waals surface area contributed by atoms with Gasteiger partial charge in [-0.3, -0.25) is 9.69 Å². The fourth-order valence-corrected chi connectivity index (χ4v) is 3.55. The lowest BCUT2D eigenvalue weighted by Gasteiger charge is -2.25. The minimum Gasteiger partial charge on any atom is -0.468 e. The van der Waals surface area contributed by atoms with Crippen molar-refractivity contribution in [2.45, 2.75) is 57.7 Å². The first-order chi connectivity index (χ1) is 10.1. The van der Waals surface area contributed by atoms with Crippen molar-refractivity contribution in [3.8, 4) is 0 Å². The van der Waals surface area contributed by atoms with Crippen LogP contribution < -0.4 is 5.32 Å². The van der Waals surface area contributed by atoms with Crippen LogP contribution in [0.3, 0.4) is 0 Å². The van der Waals surface area contributed by atoms with Crippen LogP contribution in [-0.2, 0) is 9.53 Å². The van der Waals surface area contributed by atoms with E-state index in [1.165, 1.54) is 39.5 Å². The second kappa shape index (κ2) is 8.11. The van der Waals surface area contributed by atoms with Crippen molar-refractivity contribution in [3.63, 3.8) is 0 Å². The van der Waals surface area contributed by atoms with Crippen molar-refractivity contribution in [1.29, 1.82) is 0 Å². The van der Waals surface area contributed by atoms with E-state index in [9.17, 15) is 4.79 Å². The molecule has 0 amide bonds. The van der Waals surface area contributed by atoms with E-state index < -0.39 is 0 Å². The molecule has 0 aromatic carbocycles. The van der Waals surface area contributed by atoms with E-state index in [1.807, 2.05) is 0 Å². The summed E-state index contributed by atoms with van der Waals surface area (Å²) in [4.78, 5) is 17.0. The average molecular weight is 297 g/mol. The number of esters is 1. The fourth-order valence-electron chi connectivity index (χ4n) is 3.55. The van der Waals surface area contributed by atoms with Gasteiger partial charge in [0, 0.05) is 25.2 Å². The standard InChI is InChI=1S/C16H31N3O2/c1-13(2)17-15(16(20)21-3)7-11-18-10-6-14(12-18)19-8-4-5-9-19/h13-15,17H,4-12H2,1-3H3. The number of methoxy groups -OCH3 is 1. The minimum atomic E-state index is -0.180. The van der Waals surface area contributed by atoms with Gasteiger partial charge in [-0.1, -0.05) is 13.8 Å². The van der Waals surface area contributed by atoms with Gasteiger partial charge in [0.2, 0.25) is 0 Å². The molecule has 5 nitrogen and oxygen atoms in total. The van der Waals surface area contributed by atoms with Crippen molar-refractivity contribution in [2.75, 3.05) is 39.8 Å². The number of carbonyl (C=O) groups is 1. The summed E-state index contributed by atoms with van der Waals surface area (Å²) in [7, 11) is 1.47. The van der Waals surface area contributed by atoms with Crippen LogP contribution in [0.1, 0.15) is 39.5 Å². The molecule has 0 radical (unpaired) electrons. The van der Waals surface area contributed by atoms with Crippen LogP contribution in [0, 0.1) is 0 Å². The second-order valence-electron chi connectivity index (χ2n) is 6.67. The van der Waals surface area contributed by atoms with E-state index in [4.69, 9.17) is 4.74 Å². The lowest BCUT2D eigenvalue weighted by atomic mass is 10.1. The Morgan fingerprint density at radius 3 is 2.62 bits per heavy atom. The normalized spacial score (nSPS) is 25.6. The molecule has 2 unspecified atom stereocenters. The SMILES string of the molecule is COC(=O)C(CCN1CCC(N2CCCC2)C1)NC(C)C. The summed E-state index contributed by atoms with van der Waals surface area (Å²) in [6.45, 7) is 9.98. The van der Waals surface area contributed by atoms with Crippen molar-refractivity contribution in [1.82, 2.24) is 15.1 Å². The van der Waals surface area contributed by atoms with Gasteiger partial charge in [-0.05, 0) is 45.3 Å². The highest BCUT2D eigenvalue weighted by Gasteiger charge is 2.30. The molecule has 21 heavy (non-hydrogen) atoms. The number of hydrogen-bond acceptors (Lipinski definition) is 5. The van der Waals surface area contributed by atoms with E-state index in [2.05, 4.69) is 29.0 Å². The Morgan fingerprint density at radius 2 is 2.00 bits per heavy atom. The molecule has 2 atom stereocenters. The lowest BCUT2D eigenvalue weighted by Crippen LogP contribution is -2.44. The molecule has 0 saturated carbocycles. The van der Waals surface area contributed by atoms with Gasteiger partial charge in [-0.25, -0.2) is 0 Å². The number of nitrogens with one attached hydrogen (secondary N) is 1. The molecule has 122 valence electrons. The maximum absolute atomic E-state index is 11.8. The predicted molar refractivity (Wildman–Crippen MR) is 84.3 cm³/mol. The maximum Gasteiger partial charge on any atom is 0.322 e. The monoisotopic (exact) mass is 297 g/mol. The Labute approximate surface area is 129 Å². The first kappa shape index (κ1) is 16.7. The summed E-state index contributed by atoms with van der Waals surface area (Å²) >= 11 is 0. The zero-order valence-electron chi connectivity index (χ0n) is 13.8. The van der Waals surface area contributed by atoms with Gasteiger partial charge in [0.25, 0.3) is 0 Å². The Hall–Kier alpha value is -0.650. The highest BCUT2D eigenvalue weighted by atomic mass is 16.5. The maximum atomic E-state index is 11.8. The van der Waals surface area contributed by atoms with Crippen molar-refractivity contribution < 1.29 is 9.53 Å². The third kappa shape index (κ3) is 4.94. The number of hydrogen-bond donors (Lipinski definition) is 1. The third-order valence-corrected chi connectivity index (χ3v) is 4.66. The largest absolute Gasteiger partial charge is 0.468 e.